The maximum atomic E-state index is 14.1. The van der Waals surface area contributed by atoms with Crippen molar-refractivity contribution in [2.75, 3.05) is 19.6 Å². The molecule has 1 saturated heterocycles. The fourth-order valence-corrected chi connectivity index (χ4v) is 3.08. The van der Waals surface area contributed by atoms with Crippen molar-refractivity contribution in [2.24, 2.45) is 11.1 Å². The summed E-state index contributed by atoms with van der Waals surface area (Å²) in [4.78, 5) is 26.7. The number of nitrogens with zero attached hydrogens (tertiary/aromatic N) is 3. The van der Waals surface area contributed by atoms with E-state index >= 15 is 0 Å². The first-order valence-electron chi connectivity index (χ1n) is 8.20. The molecule has 1 atom stereocenters. The Morgan fingerprint density at radius 1 is 1.38 bits per heavy atom. The molecular weight excluding hydrogens is 359 g/mol. The average molecular weight is 381 g/mol. The van der Waals surface area contributed by atoms with Gasteiger partial charge in [-0.15, -0.1) is 12.4 Å². The van der Waals surface area contributed by atoms with Crippen LogP contribution in [0.4, 0.5) is 4.39 Å². The zero-order chi connectivity index (χ0) is 18.2. The molecule has 1 aromatic carbocycles. The van der Waals surface area contributed by atoms with Crippen LogP contribution in [0.25, 0.3) is 5.69 Å². The maximum absolute atomic E-state index is 14.1. The van der Waals surface area contributed by atoms with Gasteiger partial charge >= 0.3 is 0 Å². The smallest absolute Gasteiger partial charge is 0.278 e. The number of para-hydroxylation sites is 1. The highest BCUT2D eigenvalue weighted by Gasteiger charge is 2.36. The lowest BCUT2D eigenvalue weighted by molar-refractivity contribution is 0.0767. The topological polar surface area (TPSA) is 81.2 Å². The summed E-state index contributed by atoms with van der Waals surface area (Å²) < 4.78 is 15.4. The number of hydrogen-bond donors (Lipinski definition) is 1. The minimum atomic E-state index is -0.475. The van der Waals surface area contributed by atoms with E-state index < -0.39 is 17.2 Å². The number of benzene rings is 1. The summed E-state index contributed by atoms with van der Waals surface area (Å²) in [6.07, 6.45) is 0.780. The summed E-state index contributed by atoms with van der Waals surface area (Å²) in [5.74, 6) is -0.913. The zero-order valence-electron chi connectivity index (χ0n) is 14.7. The second-order valence-electron chi connectivity index (χ2n) is 6.85. The van der Waals surface area contributed by atoms with Crippen molar-refractivity contribution in [3.63, 3.8) is 0 Å². The molecule has 0 bridgehead atoms. The fourth-order valence-electron chi connectivity index (χ4n) is 3.08. The van der Waals surface area contributed by atoms with Gasteiger partial charge in [-0.25, -0.2) is 9.07 Å². The first kappa shape index (κ1) is 20.1. The van der Waals surface area contributed by atoms with Gasteiger partial charge in [0.25, 0.3) is 5.91 Å². The molecule has 2 aromatic rings. The molecule has 8 heteroatoms. The SMILES string of the molecule is Cc1cc(=O)c(C(=O)N2CCC(C)(CN)C2)nn1-c1ccccc1F.Cl. The van der Waals surface area contributed by atoms with Crippen LogP contribution in [0.5, 0.6) is 0 Å². The van der Waals surface area contributed by atoms with E-state index in [1.54, 1.807) is 30.0 Å². The van der Waals surface area contributed by atoms with Gasteiger partial charge in [-0.2, -0.15) is 5.10 Å². The summed E-state index contributed by atoms with van der Waals surface area (Å²) in [6.45, 7) is 5.15. The number of aryl methyl sites for hydroxylation is 1. The van der Waals surface area contributed by atoms with Gasteiger partial charge in [0.05, 0.1) is 0 Å². The Bertz CT molecular complexity index is 886. The van der Waals surface area contributed by atoms with Crippen LogP contribution >= 0.6 is 12.4 Å². The van der Waals surface area contributed by atoms with Crippen molar-refractivity contribution in [3.8, 4) is 5.69 Å². The average Bonchev–Trinajstić information content (AvgIpc) is 2.99. The standard InChI is InChI=1S/C18H21FN4O2.ClH/c1-12-9-15(24)16(17(25)22-8-7-18(2,10-20)11-22)21-23(12)14-6-4-3-5-13(14)19;/h3-6,9H,7-8,10-11,20H2,1-2H3;1H. The van der Waals surface area contributed by atoms with Gasteiger partial charge in [0.1, 0.15) is 11.5 Å². The van der Waals surface area contributed by atoms with E-state index in [0.29, 0.717) is 25.3 Å². The number of hydrogen-bond acceptors (Lipinski definition) is 4. The third-order valence-corrected chi connectivity index (χ3v) is 4.73. The number of likely N-dealkylation sites (tertiary alicyclic amines) is 1. The second kappa shape index (κ2) is 7.55. The van der Waals surface area contributed by atoms with E-state index in [-0.39, 0.29) is 29.2 Å². The highest BCUT2D eigenvalue weighted by Crippen LogP contribution is 2.29. The Morgan fingerprint density at radius 3 is 2.69 bits per heavy atom. The van der Waals surface area contributed by atoms with Gasteiger partial charge in [0.15, 0.2) is 5.69 Å². The van der Waals surface area contributed by atoms with E-state index in [0.717, 1.165) is 6.42 Å². The van der Waals surface area contributed by atoms with Crippen molar-refractivity contribution >= 4 is 18.3 Å². The fraction of sp³-hybridized carbons (Fsp3) is 0.389. The second-order valence-corrected chi connectivity index (χ2v) is 6.85. The molecule has 6 nitrogen and oxygen atoms in total. The number of nitrogens with two attached hydrogens (primary N) is 1. The molecule has 0 aliphatic carbocycles. The maximum Gasteiger partial charge on any atom is 0.278 e. The van der Waals surface area contributed by atoms with Crippen molar-refractivity contribution in [3.05, 3.63) is 57.8 Å². The van der Waals surface area contributed by atoms with E-state index in [4.69, 9.17) is 5.73 Å². The Morgan fingerprint density at radius 2 is 2.08 bits per heavy atom. The number of amides is 1. The molecule has 3 rings (SSSR count). The molecule has 1 aliphatic rings. The van der Waals surface area contributed by atoms with Gasteiger partial charge in [-0.1, -0.05) is 19.1 Å². The molecule has 26 heavy (non-hydrogen) atoms. The summed E-state index contributed by atoms with van der Waals surface area (Å²) >= 11 is 0. The zero-order valence-corrected chi connectivity index (χ0v) is 15.6. The Balaban J connectivity index is 0.00000243. The van der Waals surface area contributed by atoms with Crippen LogP contribution < -0.4 is 11.2 Å². The number of carbonyl (C=O) groups is 1. The lowest BCUT2D eigenvalue weighted by Gasteiger charge is -2.22. The van der Waals surface area contributed by atoms with E-state index in [1.807, 2.05) is 6.92 Å². The Labute approximate surface area is 157 Å². The minimum absolute atomic E-state index is 0. The summed E-state index contributed by atoms with van der Waals surface area (Å²) in [5, 5.41) is 4.16. The molecule has 1 fully saturated rings. The molecule has 1 amide bonds. The predicted molar refractivity (Wildman–Crippen MR) is 99.5 cm³/mol. The van der Waals surface area contributed by atoms with E-state index in [1.165, 1.54) is 16.8 Å². The molecule has 1 aromatic heterocycles. The largest absolute Gasteiger partial charge is 0.337 e. The highest BCUT2D eigenvalue weighted by molar-refractivity contribution is 5.92. The summed E-state index contributed by atoms with van der Waals surface area (Å²) in [5.41, 5.74) is 5.62. The molecule has 1 aliphatic heterocycles. The van der Waals surface area contributed by atoms with Crippen molar-refractivity contribution < 1.29 is 9.18 Å². The number of carbonyl (C=O) groups excluding carboxylic acids is 1. The molecule has 1 unspecified atom stereocenters. The number of aromatic nitrogens is 2. The quantitative estimate of drug-likeness (QED) is 0.881. The monoisotopic (exact) mass is 380 g/mol. The van der Waals surface area contributed by atoms with Gasteiger partial charge in [-0.3, -0.25) is 9.59 Å². The van der Waals surface area contributed by atoms with Crippen molar-refractivity contribution in [1.29, 1.82) is 0 Å². The van der Waals surface area contributed by atoms with E-state index in [2.05, 4.69) is 5.10 Å². The van der Waals surface area contributed by atoms with Crippen LogP contribution in [0, 0.1) is 18.2 Å². The van der Waals surface area contributed by atoms with Crippen LogP contribution in [0.1, 0.15) is 29.5 Å². The molecule has 2 heterocycles. The van der Waals surface area contributed by atoms with Crippen molar-refractivity contribution in [2.45, 2.75) is 20.3 Å². The highest BCUT2D eigenvalue weighted by atomic mass is 35.5. The molecule has 140 valence electrons. The molecular formula is C18H22ClFN4O2. The van der Waals surface area contributed by atoms with Gasteiger partial charge < -0.3 is 10.6 Å². The normalized spacial score (nSPS) is 19.3. The third kappa shape index (κ3) is 3.64. The molecule has 2 N–H and O–H groups in total. The van der Waals surface area contributed by atoms with Gasteiger partial charge in [0.2, 0.25) is 5.43 Å². The lowest BCUT2D eigenvalue weighted by atomic mass is 9.90. The van der Waals surface area contributed by atoms with Crippen LogP contribution in [0.3, 0.4) is 0 Å². The summed E-state index contributed by atoms with van der Waals surface area (Å²) in [7, 11) is 0. The number of rotatable bonds is 3. The van der Waals surface area contributed by atoms with Crippen LogP contribution in [-0.4, -0.2) is 40.2 Å². The molecule has 0 radical (unpaired) electrons. The van der Waals surface area contributed by atoms with E-state index in [9.17, 15) is 14.0 Å². The Kier molecular flexibility index (Phi) is 5.83. The predicted octanol–water partition coefficient (Wildman–Crippen LogP) is 1.91. The first-order chi connectivity index (χ1) is 11.8. The summed E-state index contributed by atoms with van der Waals surface area (Å²) in [6, 6.07) is 7.41. The Hall–Kier alpha value is -2.25. The lowest BCUT2D eigenvalue weighted by Crippen LogP contribution is -2.37. The third-order valence-electron chi connectivity index (χ3n) is 4.73. The minimum Gasteiger partial charge on any atom is -0.337 e. The first-order valence-corrected chi connectivity index (χ1v) is 8.20. The van der Waals surface area contributed by atoms with Gasteiger partial charge in [-0.05, 0) is 37.4 Å². The van der Waals surface area contributed by atoms with Crippen molar-refractivity contribution in [1.82, 2.24) is 14.7 Å². The molecule has 0 spiro atoms. The molecule has 0 saturated carbocycles. The van der Waals surface area contributed by atoms with Gasteiger partial charge in [0, 0.05) is 24.8 Å². The van der Waals surface area contributed by atoms with Crippen LogP contribution in [-0.2, 0) is 0 Å². The van der Waals surface area contributed by atoms with Crippen LogP contribution in [0.2, 0.25) is 0 Å². The van der Waals surface area contributed by atoms with Crippen LogP contribution in [0.15, 0.2) is 35.1 Å². The number of halogens is 2.